The van der Waals surface area contributed by atoms with Crippen molar-refractivity contribution in [2.24, 2.45) is 0 Å². The van der Waals surface area contributed by atoms with E-state index in [0.29, 0.717) is 0 Å². The molecule has 1 N–H and O–H groups in total. The van der Waals surface area contributed by atoms with Crippen molar-refractivity contribution >= 4 is 21.6 Å². The highest BCUT2D eigenvalue weighted by molar-refractivity contribution is 9.10. The van der Waals surface area contributed by atoms with Crippen molar-refractivity contribution in [2.75, 3.05) is 18.0 Å². The highest BCUT2D eigenvalue weighted by Crippen LogP contribution is 2.31. The molecule has 1 unspecified atom stereocenters. The third-order valence-electron chi connectivity index (χ3n) is 3.21. The van der Waals surface area contributed by atoms with Crippen molar-refractivity contribution in [1.82, 2.24) is 0 Å². The van der Waals surface area contributed by atoms with Gasteiger partial charge in [0, 0.05) is 17.6 Å². The van der Waals surface area contributed by atoms with Gasteiger partial charge < -0.3 is 14.7 Å². The van der Waals surface area contributed by atoms with Gasteiger partial charge in [0.05, 0.1) is 24.0 Å². The minimum atomic E-state index is -0.433. The first kappa shape index (κ1) is 13.8. The topological polar surface area (TPSA) is 32.7 Å². The number of rotatable bonds is 2. The molecule has 3 atom stereocenters. The third kappa shape index (κ3) is 3.05. The zero-order valence-corrected chi connectivity index (χ0v) is 12.6. The van der Waals surface area contributed by atoms with Crippen molar-refractivity contribution in [2.45, 2.75) is 39.1 Å². The van der Waals surface area contributed by atoms with Crippen LogP contribution in [-0.2, 0) is 4.74 Å². The summed E-state index contributed by atoms with van der Waals surface area (Å²) < 4.78 is 6.77. The molecule has 2 rings (SSSR count). The zero-order chi connectivity index (χ0) is 13.3. The van der Waals surface area contributed by atoms with Crippen molar-refractivity contribution < 1.29 is 9.84 Å². The van der Waals surface area contributed by atoms with Crippen LogP contribution < -0.4 is 4.90 Å². The molecule has 1 aliphatic rings. The summed E-state index contributed by atoms with van der Waals surface area (Å²) in [5.74, 6) is 0. The van der Waals surface area contributed by atoms with Crippen molar-refractivity contribution in [1.29, 1.82) is 0 Å². The molecule has 1 aliphatic heterocycles. The van der Waals surface area contributed by atoms with Crippen molar-refractivity contribution in [3.63, 3.8) is 0 Å². The molecule has 0 saturated carbocycles. The Balaban J connectivity index is 2.22. The van der Waals surface area contributed by atoms with Crippen LogP contribution >= 0.6 is 15.9 Å². The van der Waals surface area contributed by atoms with Crippen LogP contribution in [0.2, 0.25) is 0 Å². The quantitative estimate of drug-likeness (QED) is 0.910. The van der Waals surface area contributed by atoms with Gasteiger partial charge in [0.25, 0.3) is 0 Å². The second-order valence-corrected chi connectivity index (χ2v) is 5.90. The molecule has 0 bridgehead atoms. The molecule has 18 heavy (non-hydrogen) atoms. The first-order valence-corrected chi connectivity index (χ1v) is 7.14. The van der Waals surface area contributed by atoms with E-state index in [1.807, 2.05) is 12.1 Å². The van der Waals surface area contributed by atoms with Crippen LogP contribution in [0.5, 0.6) is 0 Å². The van der Waals surface area contributed by atoms with Crippen LogP contribution in [0.25, 0.3) is 0 Å². The standard InChI is InChI=1S/C14H20BrNO2/c1-9-7-16(8-10(2)18-9)14-5-4-12(11(3)17)6-13(14)15/h4-6,9-11,17H,7-8H2,1-3H3/t9-,10+,11?. The van der Waals surface area contributed by atoms with Gasteiger partial charge in [0.2, 0.25) is 0 Å². The van der Waals surface area contributed by atoms with Gasteiger partial charge in [-0.1, -0.05) is 6.07 Å². The Morgan fingerprint density at radius 3 is 2.44 bits per heavy atom. The maximum Gasteiger partial charge on any atom is 0.0762 e. The molecule has 100 valence electrons. The van der Waals surface area contributed by atoms with Gasteiger partial charge in [-0.25, -0.2) is 0 Å². The largest absolute Gasteiger partial charge is 0.389 e. The number of hydrogen-bond donors (Lipinski definition) is 1. The van der Waals surface area contributed by atoms with E-state index in [1.54, 1.807) is 6.92 Å². The number of hydrogen-bond acceptors (Lipinski definition) is 3. The number of aliphatic hydroxyl groups excluding tert-OH is 1. The molecule has 1 saturated heterocycles. The smallest absolute Gasteiger partial charge is 0.0762 e. The van der Waals surface area contributed by atoms with E-state index in [0.717, 1.165) is 23.1 Å². The third-order valence-corrected chi connectivity index (χ3v) is 3.85. The fourth-order valence-electron chi connectivity index (χ4n) is 2.41. The van der Waals surface area contributed by atoms with Crippen molar-refractivity contribution in [3.8, 4) is 0 Å². The van der Waals surface area contributed by atoms with E-state index in [9.17, 15) is 5.11 Å². The van der Waals surface area contributed by atoms with E-state index < -0.39 is 6.10 Å². The molecule has 3 nitrogen and oxygen atoms in total. The fourth-order valence-corrected chi connectivity index (χ4v) is 3.06. The van der Waals surface area contributed by atoms with Crippen LogP contribution in [0, 0.1) is 0 Å². The Morgan fingerprint density at radius 1 is 1.33 bits per heavy atom. The number of nitrogens with zero attached hydrogens (tertiary/aromatic N) is 1. The highest BCUT2D eigenvalue weighted by Gasteiger charge is 2.23. The summed E-state index contributed by atoms with van der Waals surface area (Å²) in [6, 6.07) is 6.04. The Kier molecular flexibility index (Phi) is 4.30. The Bertz CT molecular complexity index is 412. The van der Waals surface area contributed by atoms with Gasteiger partial charge in [-0.2, -0.15) is 0 Å². The maximum atomic E-state index is 9.58. The second-order valence-electron chi connectivity index (χ2n) is 5.05. The number of halogens is 1. The number of anilines is 1. The van der Waals surface area contributed by atoms with E-state index in [2.05, 4.69) is 40.7 Å². The second kappa shape index (κ2) is 5.59. The predicted octanol–water partition coefficient (Wildman–Crippen LogP) is 3.12. The Morgan fingerprint density at radius 2 is 1.94 bits per heavy atom. The van der Waals surface area contributed by atoms with Gasteiger partial charge in [0.1, 0.15) is 0 Å². The van der Waals surface area contributed by atoms with E-state index >= 15 is 0 Å². The monoisotopic (exact) mass is 313 g/mol. The number of ether oxygens (including phenoxy) is 1. The van der Waals surface area contributed by atoms with Gasteiger partial charge in [-0.15, -0.1) is 0 Å². The molecule has 0 spiro atoms. The highest BCUT2D eigenvalue weighted by atomic mass is 79.9. The Hall–Kier alpha value is -0.580. The van der Waals surface area contributed by atoms with Gasteiger partial charge in [0.15, 0.2) is 0 Å². The maximum absolute atomic E-state index is 9.58. The van der Waals surface area contributed by atoms with E-state index in [-0.39, 0.29) is 12.2 Å². The summed E-state index contributed by atoms with van der Waals surface area (Å²) in [6.07, 6.45) is 0.0621. The lowest BCUT2D eigenvalue weighted by Crippen LogP contribution is -2.45. The lowest BCUT2D eigenvalue weighted by Gasteiger charge is -2.37. The van der Waals surface area contributed by atoms with Crippen LogP contribution in [0.15, 0.2) is 22.7 Å². The van der Waals surface area contributed by atoms with Crippen LogP contribution in [-0.4, -0.2) is 30.4 Å². The van der Waals surface area contributed by atoms with Gasteiger partial charge >= 0.3 is 0 Å². The Labute approximate surface area is 117 Å². The minimum Gasteiger partial charge on any atom is -0.389 e. The summed E-state index contributed by atoms with van der Waals surface area (Å²) in [5, 5.41) is 9.58. The number of benzene rings is 1. The zero-order valence-electron chi connectivity index (χ0n) is 11.1. The molecule has 1 heterocycles. The van der Waals surface area contributed by atoms with Gasteiger partial charge in [-0.05, 0) is 54.4 Å². The predicted molar refractivity (Wildman–Crippen MR) is 77.0 cm³/mol. The van der Waals surface area contributed by atoms with E-state index in [1.165, 1.54) is 5.69 Å². The summed E-state index contributed by atoms with van der Waals surface area (Å²) in [6.45, 7) is 7.77. The molecule has 0 aliphatic carbocycles. The SMILES string of the molecule is CC(O)c1ccc(N2C[C@@H](C)O[C@@H](C)C2)c(Br)c1. The summed E-state index contributed by atoms with van der Waals surface area (Å²) >= 11 is 3.60. The lowest BCUT2D eigenvalue weighted by molar-refractivity contribution is -0.00526. The lowest BCUT2D eigenvalue weighted by atomic mass is 10.1. The average molecular weight is 314 g/mol. The van der Waals surface area contributed by atoms with Crippen LogP contribution in [0.3, 0.4) is 0 Å². The normalized spacial score (nSPS) is 26.2. The molecular formula is C14H20BrNO2. The molecule has 0 radical (unpaired) electrons. The fraction of sp³-hybridized carbons (Fsp3) is 0.571. The number of aliphatic hydroxyl groups is 1. The first-order valence-electron chi connectivity index (χ1n) is 6.35. The first-order chi connectivity index (χ1) is 8.47. The van der Waals surface area contributed by atoms with E-state index in [4.69, 9.17) is 4.74 Å². The van der Waals surface area contributed by atoms with Gasteiger partial charge in [-0.3, -0.25) is 0 Å². The van der Waals surface area contributed by atoms with Crippen molar-refractivity contribution in [3.05, 3.63) is 28.2 Å². The van der Waals surface area contributed by atoms with Crippen LogP contribution in [0.4, 0.5) is 5.69 Å². The molecule has 4 heteroatoms. The van der Waals surface area contributed by atoms with Crippen LogP contribution in [0.1, 0.15) is 32.4 Å². The molecule has 0 amide bonds. The molecular weight excluding hydrogens is 294 g/mol. The molecule has 1 aromatic carbocycles. The molecule has 1 aromatic rings. The molecule has 1 fully saturated rings. The summed E-state index contributed by atoms with van der Waals surface area (Å²) in [5.41, 5.74) is 2.10. The summed E-state index contributed by atoms with van der Waals surface area (Å²) in [4.78, 5) is 2.33. The minimum absolute atomic E-state index is 0.247. The number of morpholine rings is 1. The summed E-state index contributed by atoms with van der Waals surface area (Å²) in [7, 11) is 0. The molecule has 0 aromatic heterocycles. The average Bonchev–Trinajstić information content (AvgIpc) is 2.27.